The molecule has 1 atom stereocenters. The summed E-state index contributed by atoms with van der Waals surface area (Å²) in [6, 6.07) is 9.12. The maximum absolute atomic E-state index is 11.8. The zero-order valence-corrected chi connectivity index (χ0v) is 13.4. The van der Waals surface area contributed by atoms with Crippen LogP contribution < -0.4 is 11.1 Å². The Morgan fingerprint density at radius 1 is 1.36 bits per heavy atom. The lowest BCUT2D eigenvalue weighted by atomic mass is 10.1. The first-order valence-corrected chi connectivity index (χ1v) is 8.11. The molecule has 2 amide bonds. The molecule has 3 N–H and O–H groups in total. The van der Waals surface area contributed by atoms with E-state index in [-0.39, 0.29) is 17.7 Å². The number of nitrogens with two attached hydrogens (primary N) is 1. The molecule has 6 heteroatoms. The third kappa shape index (κ3) is 3.98. The average Bonchev–Trinajstić information content (AvgIpc) is 2.51. The molecule has 2 rings (SSSR count). The number of carbonyl (C=O) groups excluding carboxylic acids is 2. The minimum atomic E-state index is -0.496. The van der Waals surface area contributed by atoms with Crippen LogP contribution >= 0.6 is 11.8 Å². The molecule has 0 radical (unpaired) electrons. The van der Waals surface area contributed by atoms with Crippen LogP contribution in [0.2, 0.25) is 0 Å². The molecular weight excluding hydrogens is 298 g/mol. The number of benzene rings is 1. The van der Waals surface area contributed by atoms with Crippen molar-refractivity contribution in [3.63, 3.8) is 0 Å². The number of thioether (sulfide) groups is 1. The molecule has 0 aliphatic rings. The second-order valence-corrected chi connectivity index (χ2v) is 6.05. The Balaban J connectivity index is 2.18. The van der Waals surface area contributed by atoms with Gasteiger partial charge in [0.15, 0.2) is 0 Å². The molecule has 5 nitrogen and oxygen atoms in total. The fourth-order valence-corrected chi connectivity index (χ4v) is 2.71. The van der Waals surface area contributed by atoms with E-state index in [0.717, 1.165) is 11.8 Å². The zero-order chi connectivity index (χ0) is 16.1. The van der Waals surface area contributed by atoms with Gasteiger partial charge in [0, 0.05) is 11.4 Å². The molecule has 1 aromatic heterocycles. The summed E-state index contributed by atoms with van der Waals surface area (Å²) in [6.07, 6.45) is 0.885. The van der Waals surface area contributed by atoms with E-state index in [2.05, 4.69) is 10.3 Å². The number of nitrogens with zero attached hydrogens (tertiary/aromatic N) is 1. The van der Waals surface area contributed by atoms with Gasteiger partial charge in [0.2, 0.25) is 11.8 Å². The van der Waals surface area contributed by atoms with E-state index in [1.54, 1.807) is 6.07 Å². The van der Waals surface area contributed by atoms with Gasteiger partial charge in [0.05, 0.1) is 21.9 Å². The van der Waals surface area contributed by atoms with Gasteiger partial charge < -0.3 is 11.1 Å². The predicted molar refractivity (Wildman–Crippen MR) is 88.9 cm³/mol. The molecule has 116 valence electrons. The zero-order valence-electron chi connectivity index (χ0n) is 12.6. The summed E-state index contributed by atoms with van der Waals surface area (Å²) < 4.78 is 0. The highest BCUT2D eigenvalue weighted by molar-refractivity contribution is 7.99. The number of nitrogens with one attached hydrogen (secondary N) is 1. The lowest BCUT2D eigenvalue weighted by Crippen LogP contribution is -2.33. The van der Waals surface area contributed by atoms with Crippen LogP contribution in [0.1, 0.15) is 30.6 Å². The summed E-state index contributed by atoms with van der Waals surface area (Å²) >= 11 is 1.30. The number of fused-ring (bicyclic) bond motifs is 1. The van der Waals surface area contributed by atoms with Crippen molar-refractivity contribution < 1.29 is 9.59 Å². The van der Waals surface area contributed by atoms with Crippen LogP contribution in [0.5, 0.6) is 0 Å². The quantitative estimate of drug-likeness (QED) is 0.801. The predicted octanol–water partition coefficient (Wildman–Crippen LogP) is 2.34. The number of rotatable bonds is 6. The van der Waals surface area contributed by atoms with Crippen molar-refractivity contribution in [2.24, 2.45) is 5.73 Å². The molecule has 0 aliphatic heterocycles. The van der Waals surface area contributed by atoms with Gasteiger partial charge in [-0.3, -0.25) is 9.59 Å². The standard InChI is InChI=1S/C16H19N3O2S/c1-3-10(2)18-14(20)9-22-15-8-12(16(17)21)11-6-4-5-7-13(11)19-15/h4-8,10H,3,9H2,1-2H3,(H2,17,21)(H,18,20)/t10-/m0/s1. The minimum Gasteiger partial charge on any atom is -0.366 e. The van der Waals surface area contributed by atoms with E-state index in [1.807, 2.05) is 38.1 Å². The summed E-state index contributed by atoms with van der Waals surface area (Å²) in [5.41, 5.74) is 6.56. The molecule has 0 bridgehead atoms. The number of hydrogen-bond acceptors (Lipinski definition) is 4. The van der Waals surface area contributed by atoms with Gasteiger partial charge in [0.25, 0.3) is 0 Å². The van der Waals surface area contributed by atoms with Gasteiger partial charge >= 0.3 is 0 Å². The largest absolute Gasteiger partial charge is 0.366 e. The van der Waals surface area contributed by atoms with Crippen LogP contribution in [0.4, 0.5) is 0 Å². The van der Waals surface area contributed by atoms with E-state index >= 15 is 0 Å². The number of amides is 2. The van der Waals surface area contributed by atoms with Crippen molar-refractivity contribution in [2.45, 2.75) is 31.3 Å². The molecule has 22 heavy (non-hydrogen) atoms. The molecule has 0 unspecified atom stereocenters. The van der Waals surface area contributed by atoms with Crippen LogP contribution in [0.3, 0.4) is 0 Å². The van der Waals surface area contributed by atoms with Crippen molar-refractivity contribution in [1.29, 1.82) is 0 Å². The number of pyridine rings is 1. The smallest absolute Gasteiger partial charge is 0.249 e. The van der Waals surface area contributed by atoms with Crippen LogP contribution in [-0.4, -0.2) is 28.6 Å². The maximum atomic E-state index is 11.8. The van der Waals surface area contributed by atoms with Gasteiger partial charge in [-0.15, -0.1) is 0 Å². The van der Waals surface area contributed by atoms with Crippen molar-refractivity contribution in [2.75, 3.05) is 5.75 Å². The Bertz CT molecular complexity index is 703. The second kappa shape index (κ2) is 7.26. The summed E-state index contributed by atoms with van der Waals surface area (Å²) in [7, 11) is 0. The van der Waals surface area contributed by atoms with Crippen molar-refractivity contribution >= 4 is 34.5 Å². The highest BCUT2D eigenvalue weighted by atomic mass is 32.2. The number of carbonyl (C=O) groups is 2. The summed E-state index contributed by atoms with van der Waals surface area (Å²) in [6.45, 7) is 3.98. The van der Waals surface area contributed by atoms with Gasteiger partial charge in [-0.05, 0) is 25.5 Å². The van der Waals surface area contributed by atoms with E-state index in [0.29, 0.717) is 16.1 Å². The van der Waals surface area contributed by atoms with Gasteiger partial charge in [-0.1, -0.05) is 36.9 Å². The van der Waals surface area contributed by atoms with Crippen LogP contribution in [0.25, 0.3) is 10.9 Å². The lowest BCUT2D eigenvalue weighted by Gasteiger charge is -2.11. The Hall–Kier alpha value is -2.08. The number of para-hydroxylation sites is 1. The van der Waals surface area contributed by atoms with Gasteiger partial charge in [-0.25, -0.2) is 4.98 Å². The van der Waals surface area contributed by atoms with Gasteiger partial charge in [-0.2, -0.15) is 0 Å². The van der Waals surface area contributed by atoms with Crippen molar-refractivity contribution in [1.82, 2.24) is 10.3 Å². The summed E-state index contributed by atoms with van der Waals surface area (Å²) in [5, 5.41) is 4.24. The first-order chi connectivity index (χ1) is 10.5. The summed E-state index contributed by atoms with van der Waals surface area (Å²) in [4.78, 5) is 27.9. The lowest BCUT2D eigenvalue weighted by molar-refractivity contribution is -0.119. The number of hydrogen-bond donors (Lipinski definition) is 2. The summed E-state index contributed by atoms with van der Waals surface area (Å²) in [5.74, 6) is -0.284. The highest BCUT2D eigenvalue weighted by Crippen LogP contribution is 2.23. The number of aromatic nitrogens is 1. The molecular formula is C16H19N3O2S. The minimum absolute atomic E-state index is 0.0464. The topological polar surface area (TPSA) is 85.1 Å². The van der Waals surface area contributed by atoms with Crippen LogP contribution in [0.15, 0.2) is 35.4 Å². The molecule has 0 saturated carbocycles. The molecule has 0 fully saturated rings. The number of primary amides is 1. The maximum Gasteiger partial charge on any atom is 0.249 e. The monoisotopic (exact) mass is 317 g/mol. The Morgan fingerprint density at radius 3 is 2.77 bits per heavy atom. The SMILES string of the molecule is CC[C@H](C)NC(=O)CSc1cc(C(N)=O)c2ccccc2n1. The van der Waals surface area contributed by atoms with E-state index in [4.69, 9.17) is 5.73 Å². The molecule has 1 heterocycles. The van der Waals surface area contributed by atoms with E-state index < -0.39 is 5.91 Å². The molecule has 0 aliphatic carbocycles. The molecule has 0 spiro atoms. The van der Waals surface area contributed by atoms with Crippen molar-refractivity contribution in [3.8, 4) is 0 Å². The second-order valence-electron chi connectivity index (χ2n) is 5.05. The fourth-order valence-electron chi connectivity index (χ4n) is 1.99. The van der Waals surface area contributed by atoms with E-state index in [1.165, 1.54) is 11.8 Å². The Labute approximate surface area is 133 Å². The Kier molecular flexibility index (Phi) is 5.38. The normalized spacial score (nSPS) is 12.1. The first-order valence-electron chi connectivity index (χ1n) is 7.13. The molecule has 0 saturated heterocycles. The molecule has 2 aromatic rings. The van der Waals surface area contributed by atoms with Gasteiger partial charge in [0.1, 0.15) is 0 Å². The Morgan fingerprint density at radius 2 is 2.09 bits per heavy atom. The molecule has 1 aromatic carbocycles. The highest BCUT2D eigenvalue weighted by Gasteiger charge is 2.12. The van der Waals surface area contributed by atoms with Crippen LogP contribution in [-0.2, 0) is 4.79 Å². The third-order valence-corrected chi connectivity index (χ3v) is 4.24. The van der Waals surface area contributed by atoms with Crippen molar-refractivity contribution in [3.05, 3.63) is 35.9 Å². The average molecular weight is 317 g/mol. The fraction of sp³-hybridized carbons (Fsp3) is 0.312. The van der Waals surface area contributed by atoms with Crippen LogP contribution in [0, 0.1) is 0 Å². The first kappa shape index (κ1) is 16.3. The van der Waals surface area contributed by atoms with E-state index in [9.17, 15) is 9.59 Å². The third-order valence-electron chi connectivity index (χ3n) is 3.33.